The maximum absolute atomic E-state index is 9.13. The van der Waals surface area contributed by atoms with Gasteiger partial charge in [0.25, 0.3) is 0 Å². The van der Waals surface area contributed by atoms with Crippen molar-refractivity contribution in [1.82, 2.24) is 15.1 Å². The summed E-state index contributed by atoms with van der Waals surface area (Å²) in [6, 6.07) is 9.18. The third kappa shape index (κ3) is 2.84. The maximum Gasteiger partial charge on any atom is 0.115 e. The van der Waals surface area contributed by atoms with Gasteiger partial charge in [-0.15, -0.1) is 0 Å². The van der Waals surface area contributed by atoms with Crippen LogP contribution in [-0.2, 0) is 20.1 Å². The summed E-state index contributed by atoms with van der Waals surface area (Å²) in [4.78, 5) is 0. The van der Waals surface area contributed by atoms with Crippen molar-refractivity contribution in [3.05, 3.63) is 47.8 Å². The van der Waals surface area contributed by atoms with Crippen molar-refractivity contribution in [3.63, 3.8) is 0 Å². The first kappa shape index (κ1) is 10.7. The number of aryl methyl sites for hydroxylation is 1. The van der Waals surface area contributed by atoms with Gasteiger partial charge >= 0.3 is 0 Å². The molecule has 0 aliphatic carbocycles. The number of nitrogens with one attached hydrogen (secondary N) is 1. The Morgan fingerprint density at radius 1 is 1.19 bits per heavy atom. The van der Waals surface area contributed by atoms with Gasteiger partial charge in [-0.3, -0.25) is 4.68 Å². The second-order valence-electron chi connectivity index (χ2n) is 3.75. The van der Waals surface area contributed by atoms with Crippen LogP contribution in [0.2, 0.25) is 0 Å². The molecule has 0 aliphatic rings. The lowest BCUT2D eigenvalue weighted by Gasteiger charge is -2.03. The SMILES string of the molecule is Cn1ccc(CNCc2ccc(O)cc2)n1. The zero-order valence-corrected chi connectivity index (χ0v) is 9.22. The molecule has 2 aromatic rings. The van der Waals surface area contributed by atoms with Crippen LogP contribution in [-0.4, -0.2) is 14.9 Å². The molecule has 1 heterocycles. The lowest BCUT2D eigenvalue weighted by atomic mass is 10.2. The first-order chi connectivity index (χ1) is 7.74. The molecule has 0 saturated heterocycles. The van der Waals surface area contributed by atoms with Crippen LogP contribution in [0.25, 0.3) is 0 Å². The molecule has 2 N–H and O–H groups in total. The molecular weight excluding hydrogens is 202 g/mol. The van der Waals surface area contributed by atoms with E-state index in [9.17, 15) is 0 Å². The normalized spacial score (nSPS) is 10.6. The molecule has 0 spiro atoms. The lowest BCUT2D eigenvalue weighted by molar-refractivity contribution is 0.475. The molecule has 0 fully saturated rings. The van der Waals surface area contributed by atoms with Crippen molar-refractivity contribution >= 4 is 0 Å². The number of nitrogens with zero attached hydrogens (tertiary/aromatic N) is 2. The predicted octanol–water partition coefficient (Wildman–Crippen LogP) is 1.42. The molecule has 0 saturated carbocycles. The van der Waals surface area contributed by atoms with Gasteiger partial charge in [0.05, 0.1) is 5.69 Å². The summed E-state index contributed by atoms with van der Waals surface area (Å²) in [5.74, 6) is 0.300. The zero-order valence-electron chi connectivity index (χ0n) is 9.22. The Morgan fingerprint density at radius 2 is 1.94 bits per heavy atom. The monoisotopic (exact) mass is 217 g/mol. The molecule has 1 aromatic heterocycles. The number of hydrogen-bond donors (Lipinski definition) is 2. The first-order valence-electron chi connectivity index (χ1n) is 5.21. The molecule has 16 heavy (non-hydrogen) atoms. The fourth-order valence-corrected chi connectivity index (χ4v) is 1.51. The molecule has 4 heteroatoms. The second kappa shape index (κ2) is 4.81. The number of aromatic nitrogens is 2. The maximum atomic E-state index is 9.13. The Hall–Kier alpha value is -1.81. The first-order valence-corrected chi connectivity index (χ1v) is 5.21. The lowest BCUT2D eigenvalue weighted by Crippen LogP contribution is -2.13. The van der Waals surface area contributed by atoms with E-state index in [4.69, 9.17) is 5.11 Å². The number of phenolic OH excluding ortho intramolecular Hbond substituents is 1. The van der Waals surface area contributed by atoms with Gasteiger partial charge in [0, 0.05) is 26.3 Å². The Balaban J connectivity index is 1.82. The largest absolute Gasteiger partial charge is 0.508 e. The predicted molar refractivity (Wildman–Crippen MR) is 61.9 cm³/mol. The van der Waals surface area contributed by atoms with Crippen molar-refractivity contribution in [1.29, 1.82) is 0 Å². The molecule has 0 amide bonds. The Bertz CT molecular complexity index is 448. The summed E-state index contributed by atoms with van der Waals surface area (Å²) in [6.07, 6.45) is 1.93. The van der Waals surface area contributed by atoms with Gasteiger partial charge in [0.2, 0.25) is 0 Å². The van der Waals surface area contributed by atoms with Crippen LogP contribution in [0.5, 0.6) is 5.75 Å². The quantitative estimate of drug-likeness (QED) is 0.814. The van der Waals surface area contributed by atoms with Gasteiger partial charge in [-0.1, -0.05) is 12.1 Å². The van der Waals surface area contributed by atoms with E-state index < -0.39 is 0 Å². The smallest absolute Gasteiger partial charge is 0.115 e. The van der Waals surface area contributed by atoms with Gasteiger partial charge in [-0.25, -0.2) is 0 Å². The highest BCUT2D eigenvalue weighted by Gasteiger charge is 1.97. The second-order valence-corrected chi connectivity index (χ2v) is 3.75. The van der Waals surface area contributed by atoms with Crippen LogP contribution in [0.4, 0.5) is 0 Å². The molecule has 0 unspecified atom stereocenters. The highest BCUT2D eigenvalue weighted by molar-refractivity contribution is 5.25. The summed E-state index contributed by atoms with van der Waals surface area (Å²) < 4.78 is 1.79. The van der Waals surface area contributed by atoms with Crippen molar-refractivity contribution in [2.75, 3.05) is 0 Å². The number of rotatable bonds is 4. The van der Waals surface area contributed by atoms with Crippen LogP contribution >= 0.6 is 0 Å². The Kier molecular flexibility index (Phi) is 3.22. The number of benzene rings is 1. The van der Waals surface area contributed by atoms with E-state index in [-0.39, 0.29) is 0 Å². The average molecular weight is 217 g/mol. The van der Waals surface area contributed by atoms with Gasteiger partial charge in [-0.05, 0) is 23.8 Å². The number of hydrogen-bond acceptors (Lipinski definition) is 3. The summed E-state index contributed by atoms with van der Waals surface area (Å²) >= 11 is 0. The molecular formula is C12H15N3O. The molecule has 0 bridgehead atoms. The standard InChI is InChI=1S/C12H15N3O/c1-15-7-6-11(14-15)9-13-8-10-2-4-12(16)5-3-10/h2-7,13,16H,8-9H2,1H3. The summed E-state index contributed by atoms with van der Waals surface area (Å²) in [5, 5.41) is 16.7. The molecule has 0 radical (unpaired) electrons. The summed E-state index contributed by atoms with van der Waals surface area (Å²) in [6.45, 7) is 1.53. The van der Waals surface area contributed by atoms with Crippen molar-refractivity contribution in [2.24, 2.45) is 7.05 Å². The van der Waals surface area contributed by atoms with Gasteiger partial charge in [0.15, 0.2) is 0 Å². The van der Waals surface area contributed by atoms with Crippen molar-refractivity contribution < 1.29 is 5.11 Å². The molecule has 0 atom stereocenters. The minimum atomic E-state index is 0.300. The van der Waals surface area contributed by atoms with E-state index in [2.05, 4.69) is 10.4 Å². The minimum absolute atomic E-state index is 0.300. The molecule has 1 aromatic carbocycles. The van der Waals surface area contributed by atoms with E-state index >= 15 is 0 Å². The molecule has 0 aliphatic heterocycles. The number of aromatic hydroxyl groups is 1. The van der Waals surface area contributed by atoms with E-state index in [0.717, 1.165) is 24.3 Å². The van der Waals surface area contributed by atoms with Gasteiger partial charge in [0.1, 0.15) is 5.75 Å². The third-order valence-corrected chi connectivity index (χ3v) is 2.34. The van der Waals surface area contributed by atoms with Gasteiger partial charge in [-0.2, -0.15) is 5.10 Å². The topological polar surface area (TPSA) is 50.1 Å². The fourth-order valence-electron chi connectivity index (χ4n) is 1.51. The third-order valence-electron chi connectivity index (χ3n) is 2.34. The van der Waals surface area contributed by atoms with E-state index in [1.807, 2.05) is 31.4 Å². The van der Waals surface area contributed by atoms with E-state index in [0.29, 0.717) is 5.75 Å². The summed E-state index contributed by atoms with van der Waals surface area (Å²) in [7, 11) is 1.91. The fraction of sp³-hybridized carbons (Fsp3) is 0.250. The number of phenols is 1. The molecule has 4 nitrogen and oxygen atoms in total. The average Bonchev–Trinajstić information content (AvgIpc) is 2.67. The van der Waals surface area contributed by atoms with E-state index in [1.165, 1.54) is 0 Å². The summed E-state index contributed by atoms with van der Waals surface area (Å²) in [5.41, 5.74) is 2.18. The Labute approximate surface area is 94.5 Å². The van der Waals surface area contributed by atoms with Crippen LogP contribution in [0.3, 0.4) is 0 Å². The van der Waals surface area contributed by atoms with Crippen LogP contribution in [0.1, 0.15) is 11.3 Å². The molecule has 2 rings (SSSR count). The highest BCUT2D eigenvalue weighted by Crippen LogP contribution is 2.09. The molecule has 84 valence electrons. The van der Waals surface area contributed by atoms with Gasteiger partial charge < -0.3 is 10.4 Å². The Morgan fingerprint density at radius 3 is 2.56 bits per heavy atom. The zero-order chi connectivity index (χ0) is 11.4. The van der Waals surface area contributed by atoms with E-state index in [1.54, 1.807) is 16.8 Å². The van der Waals surface area contributed by atoms with Crippen molar-refractivity contribution in [3.8, 4) is 5.75 Å². The van der Waals surface area contributed by atoms with Crippen molar-refractivity contribution in [2.45, 2.75) is 13.1 Å². The van der Waals surface area contributed by atoms with Crippen LogP contribution in [0.15, 0.2) is 36.5 Å². The highest BCUT2D eigenvalue weighted by atomic mass is 16.3. The minimum Gasteiger partial charge on any atom is -0.508 e. The van der Waals surface area contributed by atoms with Crippen LogP contribution in [0, 0.1) is 0 Å². The van der Waals surface area contributed by atoms with Crippen LogP contribution < -0.4 is 5.32 Å².